The molecule has 0 bridgehead atoms. The van der Waals surface area contributed by atoms with Gasteiger partial charge < -0.3 is 0 Å². The largest absolute Gasteiger partial charge is 0.268 e. The van der Waals surface area contributed by atoms with Crippen LogP contribution in [0.1, 0.15) is 17.5 Å². The Balaban J connectivity index is 1.66. The smallest absolute Gasteiger partial charge is 0.264 e. The van der Waals surface area contributed by atoms with Crippen molar-refractivity contribution in [3.8, 4) is 11.4 Å². The van der Waals surface area contributed by atoms with Crippen molar-refractivity contribution in [2.75, 3.05) is 6.54 Å². The number of carbonyl (C=O) groups is 2. The van der Waals surface area contributed by atoms with E-state index in [1.807, 2.05) is 26.0 Å². The number of aromatic nitrogens is 3. The summed E-state index contributed by atoms with van der Waals surface area (Å²) in [7, 11) is 0. The van der Waals surface area contributed by atoms with Gasteiger partial charge in [0, 0.05) is 30.5 Å². The van der Waals surface area contributed by atoms with Gasteiger partial charge in [-0.1, -0.05) is 23.3 Å². The Labute approximate surface area is 145 Å². The summed E-state index contributed by atoms with van der Waals surface area (Å²) in [6.45, 7) is 4.51. The third kappa shape index (κ3) is 4.20. The van der Waals surface area contributed by atoms with Gasteiger partial charge in [0.25, 0.3) is 11.8 Å². The van der Waals surface area contributed by atoms with Crippen LogP contribution in [0.2, 0.25) is 0 Å². The predicted molar refractivity (Wildman–Crippen MR) is 93.9 cm³/mol. The molecule has 2 aromatic rings. The molecule has 0 radical (unpaired) electrons. The molecule has 7 heteroatoms. The van der Waals surface area contributed by atoms with Crippen LogP contribution in [0.3, 0.4) is 0 Å². The lowest BCUT2D eigenvalue weighted by Crippen LogP contribution is -2.46. The summed E-state index contributed by atoms with van der Waals surface area (Å²) in [5, 5.41) is 5.63. The SMILES string of the molecule is Cc1cc(C)cc(-c2ncn(/C=C\C(=O)NN3CCC=CC3=O)n2)c1. The molecule has 0 saturated heterocycles. The summed E-state index contributed by atoms with van der Waals surface area (Å²) in [6, 6.07) is 6.11. The Morgan fingerprint density at radius 2 is 2.00 bits per heavy atom. The van der Waals surface area contributed by atoms with Crippen LogP contribution in [0, 0.1) is 13.8 Å². The van der Waals surface area contributed by atoms with E-state index in [0.717, 1.165) is 23.1 Å². The number of carbonyl (C=O) groups excluding carboxylic acids is 2. The average molecular weight is 337 g/mol. The number of nitrogens with zero attached hydrogens (tertiary/aromatic N) is 4. The van der Waals surface area contributed by atoms with Gasteiger partial charge in [-0.2, -0.15) is 0 Å². The van der Waals surface area contributed by atoms with Crippen LogP contribution in [0.5, 0.6) is 0 Å². The molecular weight excluding hydrogens is 318 g/mol. The zero-order chi connectivity index (χ0) is 17.8. The first-order chi connectivity index (χ1) is 12.0. The summed E-state index contributed by atoms with van der Waals surface area (Å²) in [6.07, 6.45) is 8.29. The summed E-state index contributed by atoms with van der Waals surface area (Å²) in [5.74, 6) is -0.0360. The lowest BCUT2D eigenvalue weighted by atomic mass is 10.1. The van der Waals surface area contributed by atoms with Crippen molar-refractivity contribution in [1.29, 1.82) is 0 Å². The molecule has 2 amide bonds. The fourth-order valence-electron chi connectivity index (χ4n) is 2.60. The van der Waals surface area contributed by atoms with Gasteiger partial charge in [0.1, 0.15) is 6.33 Å². The van der Waals surface area contributed by atoms with E-state index in [2.05, 4.69) is 21.6 Å². The predicted octanol–water partition coefficient (Wildman–Crippen LogP) is 1.85. The van der Waals surface area contributed by atoms with Crippen molar-refractivity contribution in [2.45, 2.75) is 20.3 Å². The van der Waals surface area contributed by atoms with E-state index in [1.54, 1.807) is 6.08 Å². The van der Waals surface area contributed by atoms with Crippen molar-refractivity contribution in [3.05, 3.63) is 53.9 Å². The molecule has 0 atom stereocenters. The number of rotatable bonds is 4. The minimum absolute atomic E-state index is 0.231. The molecule has 1 N–H and O–H groups in total. The third-order valence-electron chi connectivity index (χ3n) is 3.66. The van der Waals surface area contributed by atoms with Crippen LogP contribution in [0.15, 0.2) is 42.8 Å². The number of benzene rings is 1. The fraction of sp³-hybridized carbons (Fsp3) is 0.222. The first-order valence-electron chi connectivity index (χ1n) is 7.98. The molecule has 128 valence electrons. The first kappa shape index (κ1) is 16.6. The molecule has 1 aliphatic rings. The highest BCUT2D eigenvalue weighted by molar-refractivity contribution is 5.94. The highest BCUT2D eigenvalue weighted by atomic mass is 16.2. The molecule has 1 aliphatic heterocycles. The lowest BCUT2D eigenvalue weighted by molar-refractivity contribution is -0.136. The van der Waals surface area contributed by atoms with Gasteiger partial charge in [0.05, 0.1) is 0 Å². The van der Waals surface area contributed by atoms with Crippen molar-refractivity contribution < 1.29 is 9.59 Å². The Hall–Kier alpha value is -3.22. The Morgan fingerprint density at radius 3 is 2.72 bits per heavy atom. The quantitative estimate of drug-likeness (QED) is 0.864. The number of hydrogen-bond donors (Lipinski definition) is 1. The van der Waals surface area contributed by atoms with E-state index < -0.39 is 5.91 Å². The number of amides is 2. The number of hydrazine groups is 1. The maximum atomic E-state index is 11.9. The molecular formula is C18H19N5O2. The molecule has 2 heterocycles. The Bertz CT molecular complexity index is 846. The molecule has 1 aromatic heterocycles. The highest BCUT2D eigenvalue weighted by Gasteiger charge is 2.14. The average Bonchev–Trinajstić information content (AvgIpc) is 3.03. The van der Waals surface area contributed by atoms with Crippen LogP contribution < -0.4 is 5.43 Å². The number of nitrogens with one attached hydrogen (secondary N) is 1. The molecule has 0 aliphatic carbocycles. The van der Waals surface area contributed by atoms with Crippen molar-refractivity contribution in [3.63, 3.8) is 0 Å². The van der Waals surface area contributed by atoms with Crippen LogP contribution in [-0.2, 0) is 9.59 Å². The highest BCUT2D eigenvalue weighted by Crippen LogP contribution is 2.18. The molecule has 0 fully saturated rings. The maximum absolute atomic E-state index is 11.9. The zero-order valence-electron chi connectivity index (χ0n) is 14.1. The van der Waals surface area contributed by atoms with Gasteiger partial charge in [-0.25, -0.2) is 14.7 Å². The molecule has 25 heavy (non-hydrogen) atoms. The van der Waals surface area contributed by atoms with Crippen molar-refractivity contribution >= 4 is 18.0 Å². The van der Waals surface area contributed by atoms with E-state index in [-0.39, 0.29) is 5.91 Å². The molecule has 3 rings (SSSR count). The summed E-state index contributed by atoms with van der Waals surface area (Å²) in [5.41, 5.74) is 5.75. The first-order valence-corrected chi connectivity index (χ1v) is 7.98. The number of hydrogen-bond acceptors (Lipinski definition) is 4. The summed E-state index contributed by atoms with van der Waals surface area (Å²) in [4.78, 5) is 27.8. The van der Waals surface area contributed by atoms with Gasteiger partial charge in [-0.05, 0) is 32.4 Å². The van der Waals surface area contributed by atoms with E-state index >= 15 is 0 Å². The second-order valence-corrected chi connectivity index (χ2v) is 5.90. The van der Waals surface area contributed by atoms with Gasteiger partial charge in [0.2, 0.25) is 0 Å². The summed E-state index contributed by atoms with van der Waals surface area (Å²) >= 11 is 0. The van der Waals surface area contributed by atoms with E-state index in [9.17, 15) is 9.59 Å². The maximum Gasteiger partial charge on any atom is 0.264 e. The second-order valence-electron chi connectivity index (χ2n) is 5.90. The molecule has 1 aromatic carbocycles. The van der Waals surface area contributed by atoms with Gasteiger partial charge >= 0.3 is 0 Å². The Morgan fingerprint density at radius 1 is 1.24 bits per heavy atom. The third-order valence-corrected chi connectivity index (χ3v) is 3.66. The molecule has 0 spiro atoms. The van der Waals surface area contributed by atoms with Crippen molar-refractivity contribution in [1.82, 2.24) is 25.2 Å². The van der Waals surface area contributed by atoms with Gasteiger partial charge in [-0.3, -0.25) is 15.0 Å². The van der Waals surface area contributed by atoms with E-state index in [0.29, 0.717) is 12.4 Å². The molecule has 0 saturated carbocycles. The minimum atomic E-state index is -0.396. The lowest BCUT2D eigenvalue weighted by Gasteiger charge is -2.22. The molecule has 7 nitrogen and oxygen atoms in total. The monoisotopic (exact) mass is 337 g/mol. The standard InChI is InChI=1S/C18H19N5O2/c1-13-9-14(2)11-15(10-13)18-19-12-22(21-18)8-6-16(24)20-23-7-4-3-5-17(23)25/h3,5-6,8-12H,4,7H2,1-2H3,(H,20,24)/b8-6-. The molecule has 0 unspecified atom stereocenters. The Kier molecular flexibility index (Phi) is 4.74. The summed E-state index contributed by atoms with van der Waals surface area (Å²) < 4.78 is 1.46. The van der Waals surface area contributed by atoms with E-state index in [1.165, 1.54) is 34.4 Å². The normalized spacial score (nSPS) is 14.3. The van der Waals surface area contributed by atoms with E-state index in [4.69, 9.17) is 0 Å². The number of aryl methyl sites for hydroxylation is 2. The van der Waals surface area contributed by atoms with Crippen LogP contribution >= 0.6 is 0 Å². The topological polar surface area (TPSA) is 80.1 Å². The minimum Gasteiger partial charge on any atom is -0.268 e. The second kappa shape index (κ2) is 7.12. The van der Waals surface area contributed by atoms with Crippen LogP contribution in [0.4, 0.5) is 0 Å². The van der Waals surface area contributed by atoms with Crippen molar-refractivity contribution in [2.24, 2.45) is 0 Å². The van der Waals surface area contributed by atoms with Gasteiger partial charge in [-0.15, -0.1) is 5.10 Å². The van der Waals surface area contributed by atoms with Crippen LogP contribution in [0.25, 0.3) is 17.6 Å². The zero-order valence-corrected chi connectivity index (χ0v) is 14.1. The van der Waals surface area contributed by atoms with Crippen LogP contribution in [-0.4, -0.2) is 38.1 Å². The fourth-order valence-corrected chi connectivity index (χ4v) is 2.60. The van der Waals surface area contributed by atoms with Gasteiger partial charge in [0.15, 0.2) is 5.82 Å².